The van der Waals surface area contributed by atoms with Gasteiger partial charge in [-0.3, -0.25) is 0 Å². The Kier molecular flexibility index (Phi) is 4.90. The van der Waals surface area contributed by atoms with Crippen molar-refractivity contribution in [3.05, 3.63) is 48.6 Å². The van der Waals surface area contributed by atoms with Gasteiger partial charge in [-0.05, 0) is 25.8 Å². The molecular weight excluding hydrogens is 234 g/mol. The maximum atomic E-state index is 11.7. The Hall–Kier alpha value is -1.13. The second-order valence-corrected chi connectivity index (χ2v) is 6.51. The molecule has 0 spiro atoms. The van der Waals surface area contributed by atoms with Gasteiger partial charge in [0.05, 0.1) is 5.25 Å². The minimum atomic E-state index is -3.25. The molecule has 0 aliphatic heterocycles. The first kappa shape index (κ1) is 13.9. The molecule has 4 heteroatoms. The fraction of sp³-hybridized carbons (Fsp3) is 0.385. The number of hydrogen-bond acceptors (Lipinski definition) is 2. The topological polar surface area (TPSA) is 46.2 Å². The molecular formula is C13H19NO2S. The SMILES string of the molecule is C=C[C@H](Cc1ccccc1)NS(=O)(=O)C(C)C. The molecule has 0 unspecified atom stereocenters. The van der Waals surface area contributed by atoms with Gasteiger partial charge in [-0.15, -0.1) is 6.58 Å². The van der Waals surface area contributed by atoms with Crippen molar-refractivity contribution in [2.75, 3.05) is 0 Å². The summed E-state index contributed by atoms with van der Waals surface area (Å²) < 4.78 is 26.1. The Labute approximate surface area is 104 Å². The van der Waals surface area contributed by atoms with E-state index in [-0.39, 0.29) is 6.04 Å². The lowest BCUT2D eigenvalue weighted by molar-refractivity contribution is 0.561. The third-order valence-electron chi connectivity index (χ3n) is 2.52. The molecule has 0 saturated heterocycles. The first-order chi connectivity index (χ1) is 7.95. The van der Waals surface area contributed by atoms with Crippen molar-refractivity contribution in [1.82, 2.24) is 4.72 Å². The molecule has 0 heterocycles. The van der Waals surface area contributed by atoms with E-state index in [2.05, 4.69) is 11.3 Å². The molecule has 0 aromatic heterocycles. The molecule has 0 amide bonds. The third-order valence-corrected chi connectivity index (χ3v) is 4.39. The summed E-state index contributed by atoms with van der Waals surface area (Å²) in [6.07, 6.45) is 2.25. The molecule has 0 bridgehead atoms. The maximum Gasteiger partial charge on any atom is 0.214 e. The lowest BCUT2D eigenvalue weighted by atomic mass is 10.1. The second kappa shape index (κ2) is 5.98. The zero-order valence-corrected chi connectivity index (χ0v) is 11.1. The highest BCUT2D eigenvalue weighted by Gasteiger charge is 2.19. The molecule has 1 aromatic rings. The average molecular weight is 253 g/mol. The summed E-state index contributed by atoms with van der Waals surface area (Å²) in [5.41, 5.74) is 1.09. The highest BCUT2D eigenvalue weighted by molar-refractivity contribution is 7.90. The number of nitrogens with one attached hydrogen (secondary N) is 1. The first-order valence-corrected chi connectivity index (χ1v) is 7.18. The smallest absolute Gasteiger partial charge is 0.212 e. The number of rotatable bonds is 6. The monoisotopic (exact) mass is 253 g/mol. The lowest BCUT2D eigenvalue weighted by Crippen LogP contribution is -2.39. The largest absolute Gasteiger partial charge is 0.214 e. The highest BCUT2D eigenvalue weighted by atomic mass is 32.2. The number of hydrogen-bond donors (Lipinski definition) is 1. The van der Waals surface area contributed by atoms with E-state index in [1.807, 2.05) is 30.3 Å². The number of benzene rings is 1. The van der Waals surface area contributed by atoms with Crippen LogP contribution in [-0.2, 0) is 16.4 Å². The molecule has 1 rings (SSSR count). The molecule has 94 valence electrons. The molecule has 1 atom stereocenters. The summed E-state index contributed by atoms with van der Waals surface area (Å²) in [7, 11) is -3.25. The standard InChI is InChI=1S/C13H19NO2S/c1-4-13(14-17(15,16)11(2)3)10-12-8-6-5-7-9-12/h4-9,11,13-14H,1,10H2,2-3H3/t13-/m1/s1. The Morgan fingerprint density at radius 2 is 1.88 bits per heavy atom. The van der Waals surface area contributed by atoms with E-state index >= 15 is 0 Å². The molecule has 17 heavy (non-hydrogen) atoms. The van der Waals surface area contributed by atoms with Gasteiger partial charge >= 0.3 is 0 Å². The van der Waals surface area contributed by atoms with Crippen LogP contribution >= 0.6 is 0 Å². The normalized spacial score (nSPS) is 13.6. The lowest BCUT2D eigenvalue weighted by Gasteiger charge is -2.17. The Morgan fingerprint density at radius 1 is 1.29 bits per heavy atom. The van der Waals surface area contributed by atoms with Gasteiger partial charge in [0.2, 0.25) is 10.0 Å². The van der Waals surface area contributed by atoms with Crippen LogP contribution in [0.2, 0.25) is 0 Å². The van der Waals surface area contributed by atoms with Crippen LogP contribution in [-0.4, -0.2) is 19.7 Å². The van der Waals surface area contributed by atoms with Crippen molar-refractivity contribution < 1.29 is 8.42 Å². The van der Waals surface area contributed by atoms with E-state index in [4.69, 9.17) is 0 Å². The molecule has 1 N–H and O–H groups in total. The fourth-order valence-corrected chi connectivity index (χ4v) is 2.26. The van der Waals surface area contributed by atoms with Gasteiger partial charge in [-0.25, -0.2) is 13.1 Å². The van der Waals surface area contributed by atoms with Gasteiger partial charge in [-0.1, -0.05) is 36.4 Å². The Balaban J connectivity index is 2.71. The van der Waals surface area contributed by atoms with Crippen LogP contribution in [0.1, 0.15) is 19.4 Å². The highest BCUT2D eigenvalue weighted by Crippen LogP contribution is 2.06. The summed E-state index contributed by atoms with van der Waals surface area (Å²) in [4.78, 5) is 0. The molecule has 0 radical (unpaired) electrons. The first-order valence-electron chi connectivity index (χ1n) is 5.63. The van der Waals surface area contributed by atoms with Gasteiger partial charge in [0.25, 0.3) is 0 Å². The fourth-order valence-electron chi connectivity index (χ4n) is 1.39. The maximum absolute atomic E-state index is 11.7. The summed E-state index contributed by atoms with van der Waals surface area (Å²) >= 11 is 0. The van der Waals surface area contributed by atoms with E-state index < -0.39 is 15.3 Å². The second-order valence-electron chi connectivity index (χ2n) is 4.24. The molecule has 3 nitrogen and oxygen atoms in total. The molecule has 0 fully saturated rings. The van der Waals surface area contributed by atoms with Crippen LogP contribution in [0.4, 0.5) is 0 Å². The van der Waals surface area contributed by atoms with Crippen molar-refractivity contribution in [3.8, 4) is 0 Å². The predicted octanol–water partition coefficient (Wildman–Crippen LogP) is 2.11. The van der Waals surface area contributed by atoms with Crippen molar-refractivity contribution in [1.29, 1.82) is 0 Å². The zero-order chi connectivity index (χ0) is 12.9. The number of sulfonamides is 1. The zero-order valence-electron chi connectivity index (χ0n) is 10.3. The summed E-state index contributed by atoms with van der Waals surface area (Å²) in [6, 6.07) is 9.49. The van der Waals surface area contributed by atoms with Crippen LogP contribution < -0.4 is 4.72 Å². The van der Waals surface area contributed by atoms with Crippen LogP contribution in [0, 0.1) is 0 Å². The average Bonchev–Trinajstić information content (AvgIpc) is 2.29. The van der Waals surface area contributed by atoms with Gasteiger partial charge in [0, 0.05) is 6.04 Å². The Morgan fingerprint density at radius 3 is 2.35 bits per heavy atom. The van der Waals surface area contributed by atoms with E-state index in [1.165, 1.54) is 0 Å². The van der Waals surface area contributed by atoms with Crippen LogP contribution in [0.25, 0.3) is 0 Å². The molecule has 0 aliphatic rings. The predicted molar refractivity (Wildman–Crippen MR) is 71.3 cm³/mol. The van der Waals surface area contributed by atoms with Crippen molar-refractivity contribution in [3.63, 3.8) is 0 Å². The van der Waals surface area contributed by atoms with Gasteiger partial charge in [-0.2, -0.15) is 0 Å². The van der Waals surface area contributed by atoms with Gasteiger partial charge in [0.1, 0.15) is 0 Å². The summed E-state index contributed by atoms with van der Waals surface area (Å²) in [6.45, 7) is 6.99. The molecule has 0 aliphatic carbocycles. The van der Waals surface area contributed by atoms with Crippen molar-refractivity contribution in [2.45, 2.75) is 31.6 Å². The minimum absolute atomic E-state index is 0.259. The van der Waals surface area contributed by atoms with E-state index in [9.17, 15) is 8.42 Å². The van der Waals surface area contributed by atoms with Crippen LogP contribution in [0.5, 0.6) is 0 Å². The Bertz CT molecular complexity index is 452. The third kappa shape index (κ3) is 4.32. The van der Waals surface area contributed by atoms with Crippen molar-refractivity contribution in [2.24, 2.45) is 0 Å². The van der Waals surface area contributed by atoms with E-state index in [0.717, 1.165) is 5.56 Å². The summed E-state index contributed by atoms with van der Waals surface area (Å²) in [5, 5.41) is -0.430. The van der Waals surface area contributed by atoms with E-state index in [1.54, 1.807) is 19.9 Å². The van der Waals surface area contributed by atoms with Crippen molar-refractivity contribution >= 4 is 10.0 Å². The van der Waals surface area contributed by atoms with E-state index in [0.29, 0.717) is 6.42 Å². The van der Waals surface area contributed by atoms with Gasteiger partial charge < -0.3 is 0 Å². The van der Waals surface area contributed by atoms with Gasteiger partial charge in [0.15, 0.2) is 0 Å². The molecule has 1 aromatic carbocycles. The molecule has 0 saturated carbocycles. The summed E-state index contributed by atoms with van der Waals surface area (Å²) in [5.74, 6) is 0. The quantitative estimate of drug-likeness (QED) is 0.789. The minimum Gasteiger partial charge on any atom is -0.212 e. The van der Waals surface area contributed by atoms with Crippen LogP contribution in [0.15, 0.2) is 43.0 Å². The van der Waals surface area contributed by atoms with Crippen LogP contribution in [0.3, 0.4) is 0 Å².